The standard InChI is InChI=1S/C36H42O7S2/c1-24-21-32(29(35(2,3)4)22-31(24)43-45(40,41)28-13-9-6-10-14-28)44-33-30(38)23-36(42-34(33)39,26-11-7-5-8-12-26)20-19-25-15-17-27(37)18-16-25/h6,9-10,13-18,21-22,26,33,37H,5,7-8,11-12,19-20,23H2,1-4H3. The maximum atomic E-state index is 13.9. The van der Waals surface area contributed by atoms with Crippen LogP contribution in [0, 0.1) is 12.8 Å². The third kappa shape index (κ3) is 7.58. The van der Waals surface area contributed by atoms with Gasteiger partial charge in [-0.25, -0.2) is 0 Å². The molecule has 1 aliphatic carbocycles. The smallest absolute Gasteiger partial charge is 0.339 e. The van der Waals surface area contributed by atoms with Gasteiger partial charge in [-0.15, -0.1) is 11.8 Å². The first-order valence-corrected chi connectivity index (χ1v) is 17.9. The van der Waals surface area contributed by atoms with Crippen molar-refractivity contribution < 1.29 is 32.0 Å². The first-order valence-electron chi connectivity index (χ1n) is 15.6. The number of benzene rings is 3. The molecule has 5 rings (SSSR count). The van der Waals surface area contributed by atoms with E-state index in [4.69, 9.17) is 8.92 Å². The molecule has 2 fully saturated rings. The van der Waals surface area contributed by atoms with Crippen LogP contribution in [0.1, 0.15) is 82.4 Å². The average Bonchev–Trinajstić information content (AvgIpc) is 3.00. The van der Waals surface area contributed by atoms with Gasteiger partial charge in [0.15, 0.2) is 11.0 Å². The summed E-state index contributed by atoms with van der Waals surface area (Å²) >= 11 is 1.18. The van der Waals surface area contributed by atoms with E-state index in [2.05, 4.69) is 0 Å². The van der Waals surface area contributed by atoms with Crippen molar-refractivity contribution in [2.24, 2.45) is 5.92 Å². The minimum atomic E-state index is -4.05. The molecule has 2 aliphatic rings. The van der Waals surface area contributed by atoms with E-state index < -0.39 is 32.4 Å². The molecule has 1 saturated heterocycles. The number of aryl methyl sites for hydroxylation is 2. The first-order chi connectivity index (χ1) is 21.3. The second-order valence-corrected chi connectivity index (χ2v) is 16.0. The number of hydrogen-bond donors (Lipinski definition) is 1. The number of thioether (sulfide) groups is 1. The Morgan fingerprint density at radius 3 is 2.27 bits per heavy atom. The topological polar surface area (TPSA) is 107 Å². The summed E-state index contributed by atoms with van der Waals surface area (Å²) in [5, 5.41) is 8.68. The van der Waals surface area contributed by atoms with Crippen LogP contribution in [0.15, 0.2) is 76.5 Å². The number of ketones is 1. The molecule has 1 heterocycles. The summed E-state index contributed by atoms with van der Waals surface area (Å²) in [6.45, 7) is 7.74. The summed E-state index contributed by atoms with van der Waals surface area (Å²) in [6, 6.07) is 18.5. The van der Waals surface area contributed by atoms with E-state index in [9.17, 15) is 23.1 Å². The van der Waals surface area contributed by atoms with Gasteiger partial charge < -0.3 is 14.0 Å². The van der Waals surface area contributed by atoms with Crippen molar-refractivity contribution in [2.45, 2.75) is 105 Å². The van der Waals surface area contributed by atoms with Crippen LogP contribution in [-0.2, 0) is 36.3 Å². The molecule has 0 amide bonds. The SMILES string of the molecule is Cc1cc(SC2C(=O)CC(CCc3ccc(O)cc3)(C3CCCCC3)OC2=O)c(C(C)(C)C)cc1OS(=O)(=O)c1ccccc1. The Labute approximate surface area is 270 Å². The summed E-state index contributed by atoms with van der Waals surface area (Å²) in [5.74, 6) is -0.134. The number of phenolic OH excluding ortho intramolecular Hbond substituents is 1. The van der Waals surface area contributed by atoms with Crippen molar-refractivity contribution in [3.05, 3.63) is 83.4 Å². The van der Waals surface area contributed by atoms with Gasteiger partial charge in [-0.1, -0.05) is 70.4 Å². The van der Waals surface area contributed by atoms with Crippen LogP contribution in [-0.4, -0.2) is 36.1 Å². The molecule has 1 aliphatic heterocycles. The predicted octanol–water partition coefficient (Wildman–Crippen LogP) is 7.69. The highest BCUT2D eigenvalue weighted by Crippen LogP contribution is 2.47. The number of carbonyl (C=O) groups is 2. The molecule has 0 radical (unpaired) electrons. The molecule has 9 heteroatoms. The quantitative estimate of drug-likeness (QED) is 0.143. The normalized spacial score (nSPS) is 21.4. The number of ether oxygens (including phenoxy) is 1. The van der Waals surface area contributed by atoms with Gasteiger partial charge in [-0.05, 0) is 97.0 Å². The number of phenols is 1. The number of aromatic hydroxyl groups is 1. The fraction of sp³-hybridized carbons (Fsp3) is 0.444. The van der Waals surface area contributed by atoms with Crippen molar-refractivity contribution in [3.8, 4) is 11.5 Å². The molecule has 240 valence electrons. The first kappa shape index (κ1) is 33.1. The fourth-order valence-corrected chi connectivity index (χ4v) is 8.81. The van der Waals surface area contributed by atoms with Crippen LogP contribution in [0.2, 0.25) is 0 Å². The van der Waals surface area contributed by atoms with Crippen LogP contribution in [0.3, 0.4) is 0 Å². The summed E-state index contributed by atoms with van der Waals surface area (Å²) < 4.78 is 38.0. The highest BCUT2D eigenvalue weighted by atomic mass is 32.2. The predicted molar refractivity (Wildman–Crippen MR) is 175 cm³/mol. The molecule has 1 saturated carbocycles. The van der Waals surface area contributed by atoms with Crippen molar-refractivity contribution >= 4 is 33.6 Å². The summed E-state index contributed by atoms with van der Waals surface area (Å²) in [7, 11) is -4.05. The van der Waals surface area contributed by atoms with E-state index >= 15 is 0 Å². The van der Waals surface area contributed by atoms with Crippen LogP contribution < -0.4 is 4.18 Å². The van der Waals surface area contributed by atoms with E-state index in [0.717, 1.165) is 43.2 Å². The van der Waals surface area contributed by atoms with Gasteiger partial charge in [0.1, 0.15) is 22.0 Å². The molecular weight excluding hydrogens is 609 g/mol. The van der Waals surface area contributed by atoms with Gasteiger partial charge in [0.25, 0.3) is 0 Å². The minimum absolute atomic E-state index is 0.0579. The Bertz CT molecular complexity index is 1620. The zero-order valence-corrected chi connectivity index (χ0v) is 28.0. The van der Waals surface area contributed by atoms with E-state index in [1.165, 1.54) is 23.9 Å². The molecule has 1 N–H and O–H groups in total. The monoisotopic (exact) mass is 650 g/mol. The minimum Gasteiger partial charge on any atom is -0.508 e. The third-order valence-corrected chi connectivity index (χ3v) is 11.5. The number of carbonyl (C=O) groups excluding carboxylic acids is 2. The van der Waals surface area contributed by atoms with Gasteiger partial charge in [0, 0.05) is 11.3 Å². The lowest BCUT2D eigenvalue weighted by atomic mass is 9.70. The van der Waals surface area contributed by atoms with Crippen molar-refractivity contribution in [1.82, 2.24) is 0 Å². The molecule has 3 aromatic rings. The highest BCUT2D eigenvalue weighted by Gasteiger charge is 2.51. The van der Waals surface area contributed by atoms with Gasteiger partial charge in [0.05, 0.1) is 0 Å². The van der Waals surface area contributed by atoms with E-state index in [-0.39, 0.29) is 34.5 Å². The molecule has 0 spiro atoms. The summed E-state index contributed by atoms with van der Waals surface area (Å²) in [6.07, 6.45) is 6.45. The van der Waals surface area contributed by atoms with E-state index in [1.54, 1.807) is 49.4 Å². The van der Waals surface area contributed by atoms with E-state index in [1.807, 2.05) is 32.9 Å². The van der Waals surface area contributed by atoms with Crippen LogP contribution in [0.25, 0.3) is 0 Å². The maximum Gasteiger partial charge on any atom is 0.339 e. The van der Waals surface area contributed by atoms with E-state index in [0.29, 0.717) is 23.3 Å². The number of Topliss-reactive ketones (excluding diaryl/α,β-unsaturated/α-hetero) is 1. The fourth-order valence-electron chi connectivity index (χ4n) is 6.46. The zero-order valence-electron chi connectivity index (χ0n) is 26.4. The lowest BCUT2D eigenvalue weighted by Crippen LogP contribution is -2.53. The van der Waals surface area contributed by atoms with Crippen LogP contribution in [0.4, 0.5) is 0 Å². The molecule has 3 aromatic carbocycles. The summed E-state index contributed by atoms with van der Waals surface area (Å²) in [4.78, 5) is 28.5. The molecule has 45 heavy (non-hydrogen) atoms. The molecule has 7 nitrogen and oxygen atoms in total. The van der Waals surface area contributed by atoms with Crippen LogP contribution in [0.5, 0.6) is 11.5 Å². The largest absolute Gasteiger partial charge is 0.508 e. The second-order valence-electron chi connectivity index (χ2n) is 13.3. The zero-order chi connectivity index (χ0) is 32.4. The van der Waals surface area contributed by atoms with Crippen LogP contribution >= 0.6 is 11.8 Å². The second kappa shape index (κ2) is 13.2. The van der Waals surface area contributed by atoms with Crippen molar-refractivity contribution in [2.75, 3.05) is 0 Å². The van der Waals surface area contributed by atoms with Gasteiger partial charge in [-0.2, -0.15) is 8.42 Å². The van der Waals surface area contributed by atoms with Gasteiger partial charge >= 0.3 is 16.1 Å². The van der Waals surface area contributed by atoms with Gasteiger partial charge in [0.2, 0.25) is 0 Å². The Balaban J connectivity index is 1.40. The Morgan fingerprint density at radius 2 is 1.64 bits per heavy atom. The number of esters is 1. The average molecular weight is 651 g/mol. The lowest BCUT2D eigenvalue weighted by molar-refractivity contribution is -0.179. The molecule has 0 aromatic heterocycles. The molecule has 2 unspecified atom stereocenters. The van der Waals surface area contributed by atoms with Gasteiger partial charge in [-0.3, -0.25) is 9.59 Å². The molecular formula is C36H42O7S2. The Kier molecular flexibility index (Phi) is 9.70. The number of rotatable bonds is 9. The maximum absolute atomic E-state index is 13.9. The Hall–Kier alpha value is -3.30. The highest BCUT2D eigenvalue weighted by molar-refractivity contribution is 8.01. The summed E-state index contributed by atoms with van der Waals surface area (Å²) in [5.41, 5.74) is 1.07. The number of hydrogen-bond acceptors (Lipinski definition) is 8. The lowest BCUT2D eigenvalue weighted by Gasteiger charge is -2.45. The Morgan fingerprint density at radius 1 is 0.978 bits per heavy atom. The number of cyclic esters (lactones) is 1. The van der Waals surface area contributed by atoms with Crippen molar-refractivity contribution in [3.63, 3.8) is 0 Å². The molecule has 2 atom stereocenters. The molecule has 0 bridgehead atoms. The van der Waals surface area contributed by atoms with Crippen molar-refractivity contribution in [1.29, 1.82) is 0 Å². The third-order valence-electron chi connectivity index (χ3n) is 8.97.